The summed E-state index contributed by atoms with van der Waals surface area (Å²) in [6.45, 7) is 3.86. The summed E-state index contributed by atoms with van der Waals surface area (Å²) in [6.07, 6.45) is -1.36. The fourth-order valence-electron chi connectivity index (χ4n) is 5.99. The summed E-state index contributed by atoms with van der Waals surface area (Å²) in [5, 5.41) is 44.6. The topological polar surface area (TPSA) is 162 Å². The van der Waals surface area contributed by atoms with E-state index in [1.54, 1.807) is 19.1 Å². The zero-order valence-corrected chi connectivity index (χ0v) is 19.9. The molecule has 3 aliphatic rings. The van der Waals surface area contributed by atoms with Crippen LogP contribution in [-0.4, -0.2) is 80.5 Å². The fraction of sp³-hybridized carbons (Fsp3) is 0.440. The van der Waals surface area contributed by atoms with Crippen LogP contribution in [-0.2, 0) is 19.1 Å². The van der Waals surface area contributed by atoms with Crippen molar-refractivity contribution in [1.29, 1.82) is 0 Å². The van der Waals surface area contributed by atoms with Gasteiger partial charge in [-0.1, -0.05) is 19.1 Å². The fourth-order valence-corrected chi connectivity index (χ4v) is 5.99. The van der Waals surface area contributed by atoms with Crippen LogP contribution >= 0.6 is 0 Å². The molecule has 6 atom stereocenters. The molecule has 10 heteroatoms. The van der Waals surface area contributed by atoms with Crippen molar-refractivity contribution in [2.45, 2.75) is 44.4 Å². The van der Waals surface area contributed by atoms with Crippen molar-refractivity contribution in [3.8, 4) is 5.75 Å². The van der Waals surface area contributed by atoms with Gasteiger partial charge in [-0.2, -0.15) is 0 Å². The van der Waals surface area contributed by atoms with Crippen LogP contribution in [0, 0.1) is 11.8 Å². The van der Waals surface area contributed by atoms with E-state index < -0.39 is 75.9 Å². The van der Waals surface area contributed by atoms with E-state index >= 15 is 0 Å². The third-order valence-corrected chi connectivity index (χ3v) is 7.38. The van der Waals surface area contributed by atoms with Gasteiger partial charge < -0.3 is 25.2 Å². The van der Waals surface area contributed by atoms with Gasteiger partial charge in [-0.25, -0.2) is 0 Å². The van der Waals surface area contributed by atoms with Crippen molar-refractivity contribution >= 4 is 23.3 Å². The van der Waals surface area contributed by atoms with E-state index in [0.717, 1.165) is 13.8 Å². The van der Waals surface area contributed by atoms with Gasteiger partial charge in [0.2, 0.25) is 5.78 Å². The molecule has 4 N–H and O–H groups in total. The summed E-state index contributed by atoms with van der Waals surface area (Å²) >= 11 is 0. The number of nitrogens with zero attached hydrogens (tertiary/aromatic N) is 1. The van der Waals surface area contributed by atoms with Crippen molar-refractivity contribution in [3.63, 3.8) is 0 Å². The number of benzene rings is 1. The molecule has 10 nitrogen and oxygen atoms in total. The first-order valence-electron chi connectivity index (χ1n) is 11.1. The largest absolute Gasteiger partial charge is 0.510 e. The Labute approximate surface area is 201 Å². The number of phenolic OH excluding ortho intramolecular Hbond substituents is 1. The Balaban J connectivity index is 2.11. The number of ketones is 3. The minimum atomic E-state index is -2.86. The van der Waals surface area contributed by atoms with Crippen LogP contribution in [0.3, 0.4) is 0 Å². The third kappa shape index (κ3) is 3.16. The number of phenols is 1. The number of aliphatic hydroxyl groups excluding tert-OH is 2. The number of likely N-dealkylation sites (N-methyl/N-ethyl adjacent to an activating group) is 1. The second-order valence-corrected chi connectivity index (χ2v) is 9.57. The average Bonchev–Trinajstić information content (AvgIpc) is 2.75. The number of aromatic hydroxyl groups is 1. The Kier molecular flexibility index (Phi) is 5.65. The maximum absolute atomic E-state index is 13.6. The Hall–Kier alpha value is -3.50. The normalized spacial score (nSPS) is 32.3. The molecule has 35 heavy (non-hydrogen) atoms. The highest BCUT2D eigenvalue weighted by molar-refractivity contribution is 6.25. The van der Waals surface area contributed by atoms with Gasteiger partial charge in [0.05, 0.1) is 17.5 Å². The minimum absolute atomic E-state index is 0.0981. The van der Waals surface area contributed by atoms with E-state index in [1.807, 2.05) is 0 Å². The number of fused-ring (bicyclic) bond motifs is 3. The molecule has 1 aromatic rings. The minimum Gasteiger partial charge on any atom is -0.510 e. The lowest BCUT2D eigenvalue weighted by atomic mass is 9.55. The van der Waals surface area contributed by atoms with Crippen molar-refractivity contribution in [2.24, 2.45) is 11.8 Å². The number of rotatable bonds is 3. The van der Waals surface area contributed by atoms with Crippen LogP contribution in [0.1, 0.15) is 42.6 Å². The Morgan fingerprint density at radius 2 is 1.71 bits per heavy atom. The number of Topliss-reactive ketones (excluding diaryl/α,β-unsaturated/α-hetero) is 3. The average molecular weight is 485 g/mol. The maximum atomic E-state index is 13.6. The van der Waals surface area contributed by atoms with Crippen molar-refractivity contribution in [1.82, 2.24) is 4.90 Å². The summed E-state index contributed by atoms with van der Waals surface area (Å²) < 4.78 is 5.62. The number of hydrogen-bond acceptors (Lipinski definition) is 10. The molecule has 0 bridgehead atoms. The predicted molar refractivity (Wildman–Crippen MR) is 121 cm³/mol. The van der Waals surface area contributed by atoms with Gasteiger partial charge in [-0.3, -0.25) is 24.1 Å². The first-order chi connectivity index (χ1) is 16.3. The van der Waals surface area contributed by atoms with Crippen LogP contribution in [0.15, 0.2) is 40.9 Å². The molecule has 0 aromatic heterocycles. The highest BCUT2D eigenvalue weighted by atomic mass is 16.5. The molecule has 4 rings (SSSR count). The molecular formula is C25H27NO9. The second-order valence-electron chi connectivity index (χ2n) is 9.57. The molecule has 0 saturated carbocycles. The smallest absolute Gasteiger partial charge is 0.302 e. The van der Waals surface area contributed by atoms with Gasteiger partial charge in [0.25, 0.3) is 0 Å². The van der Waals surface area contributed by atoms with Crippen LogP contribution in [0.4, 0.5) is 0 Å². The molecular weight excluding hydrogens is 458 g/mol. The summed E-state index contributed by atoms with van der Waals surface area (Å²) in [7, 11) is 3.05. The highest BCUT2D eigenvalue weighted by Gasteiger charge is 2.68. The van der Waals surface area contributed by atoms with Gasteiger partial charge >= 0.3 is 5.97 Å². The molecule has 3 aliphatic carbocycles. The first-order valence-corrected chi connectivity index (χ1v) is 11.1. The number of hydrogen-bond donors (Lipinski definition) is 4. The molecule has 0 spiro atoms. The number of ether oxygens (including phenoxy) is 1. The van der Waals surface area contributed by atoms with E-state index in [1.165, 1.54) is 25.1 Å². The summed E-state index contributed by atoms with van der Waals surface area (Å²) in [5.41, 5.74) is -3.61. The van der Waals surface area contributed by atoms with E-state index in [4.69, 9.17) is 4.74 Å². The lowest BCUT2D eigenvalue weighted by Crippen LogP contribution is -2.68. The molecule has 0 unspecified atom stereocenters. The van der Waals surface area contributed by atoms with Crippen molar-refractivity contribution < 1.29 is 44.3 Å². The van der Waals surface area contributed by atoms with Gasteiger partial charge in [-0.05, 0) is 38.6 Å². The quantitative estimate of drug-likeness (QED) is 0.363. The van der Waals surface area contributed by atoms with Crippen LogP contribution in [0.25, 0.3) is 0 Å². The standard InChI is InChI=1S/C25H27NO9/c1-9-12-7-6-8-13(29)16(12)20(30)17-14(9)22(35-11(3)28)18-19(26(4)5)21(31)15(10(2)27)23(32)25(18,34)24(17)33/h6-9,14,18-19,22,29,31,33-34H,1-5H3/t9-,14+,18+,19-,22-,25+/m0/s1. The molecule has 1 aromatic carbocycles. The van der Waals surface area contributed by atoms with E-state index in [2.05, 4.69) is 0 Å². The molecule has 186 valence electrons. The first kappa shape index (κ1) is 24.6. The Morgan fingerprint density at radius 3 is 2.26 bits per heavy atom. The van der Waals surface area contributed by atoms with Gasteiger partial charge in [-0.15, -0.1) is 0 Å². The maximum Gasteiger partial charge on any atom is 0.302 e. The second kappa shape index (κ2) is 8.03. The SMILES string of the molecule is CC(=O)O[C@H]1[C@H]2C(=C(O)[C@]3(O)C(=O)C(C(C)=O)=C(O)[C@@H](N(C)C)[C@H]13)C(=O)c1c(O)cccc1[C@@H]2C. The molecule has 0 radical (unpaired) electrons. The summed E-state index contributed by atoms with van der Waals surface area (Å²) in [5.74, 6) is -8.79. The van der Waals surface area contributed by atoms with Gasteiger partial charge in [0, 0.05) is 18.4 Å². The van der Waals surface area contributed by atoms with Crippen molar-refractivity contribution in [3.05, 3.63) is 52.0 Å². The molecule has 0 amide bonds. The van der Waals surface area contributed by atoms with Gasteiger partial charge in [0.15, 0.2) is 17.2 Å². The molecule has 0 saturated heterocycles. The zero-order chi connectivity index (χ0) is 26.1. The lowest BCUT2D eigenvalue weighted by molar-refractivity contribution is -0.179. The number of carbonyl (C=O) groups is 4. The molecule has 0 aliphatic heterocycles. The van der Waals surface area contributed by atoms with E-state index in [0.29, 0.717) is 5.56 Å². The van der Waals surface area contributed by atoms with Crippen LogP contribution < -0.4 is 0 Å². The van der Waals surface area contributed by atoms with E-state index in [9.17, 15) is 39.6 Å². The van der Waals surface area contributed by atoms with E-state index in [-0.39, 0.29) is 16.9 Å². The highest BCUT2D eigenvalue weighted by Crippen LogP contribution is 2.56. The number of aliphatic hydroxyl groups is 3. The monoisotopic (exact) mass is 485 g/mol. The van der Waals surface area contributed by atoms with Crippen molar-refractivity contribution in [2.75, 3.05) is 14.1 Å². The van der Waals surface area contributed by atoms with Gasteiger partial charge in [0.1, 0.15) is 28.9 Å². The lowest BCUT2D eigenvalue weighted by Gasteiger charge is -2.54. The summed E-state index contributed by atoms with van der Waals surface area (Å²) in [6, 6.07) is 3.25. The Morgan fingerprint density at radius 1 is 1.09 bits per heavy atom. The number of carbonyl (C=O) groups excluding carboxylic acids is 4. The number of esters is 1. The summed E-state index contributed by atoms with van der Waals surface area (Å²) in [4.78, 5) is 53.1. The van der Waals surface area contributed by atoms with Crippen LogP contribution in [0.2, 0.25) is 0 Å². The van der Waals surface area contributed by atoms with Crippen LogP contribution in [0.5, 0.6) is 5.75 Å². The Bertz CT molecular complexity index is 1240. The third-order valence-electron chi connectivity index (χ3n) is 7.38. The molecule has 0 heterocycles. The molecule has 0 fully saturated rings. The predicted octanol–water partition coefficient (Wildman–Crippen LogP) is 1.33. The zero-order valence-electron chi connectivity index (χ0n) is 19.9.